The molecule has 1 N–H and O–H groups in total. The van der Waals surface area contributed by atoms with Crippen LogP contribution in [0.3, 0.4) is 0 Å². The van der Waals surface area contributed by atoms with E-state index in [1.54, 1.807) is 55.6 Å². The quantitative estimate of drug-likeness (QED) is 0.668. The molecule has 138 valence electrons. The first kappa shape index (κ1) is 18.1. The molecular weight excluding hydrogens is 350 g/mol. The van der Waals surface area contributed by atoms with E-state index in [0.29, 0.717) is 28.5 Å². The number of amides is 1. The van der Waals surface area contributed by atoms with Crippen LogP contribution in [0, 0.1) is 0 Å². The third-order valence-corrected chi connectivity index (χ3v) is 3.74. The molecule has 1 aromatic heterocycles. The number of nitrogens with zero attached hydrogens (tertiary/aromatic N) is 2. The molecule has 0 aliphatic heterocycles. The first-order valence-corrected chi connectivity index (χ1v) is 8.09. The Morgan fingerprint density at radius 2 is 1.78 bits per heavy atom. The summed E-state index contributed by atoms with van der Waals surface area (Å²) < 4.78 is 15.4. The highest BCUT2D eigenvalue weighted by Crippen LogP contribution is 2.18. The number of carbonyl (C=O) groups excluding carboxylic acids is 2. The third-order valence-electron chi connectivity index (χ3n) is 3.74. The highest BCUT2D eigenvalue weighted by Gasteiger charge is 2.19. The van der Waals surface area contributed by atoms with Gasteiger partial charge in [-0.15, -0.1) is 10.2 Å². The summed E-state index contributed by atoms with van der Waals surface area (Å²) in [6.45, 7) is 1.50. The molecule has 2 aromatic carbocycles. The number of aromatic nitrogens is 2. The molecule has 3 rings (SSSR count). The molecule has 0 unspecified atom stereocenters. The fourth-order valence-corrected chi connectivity index (χ4v) is 2.25. The summed E-state index contributed by atoms with van der Waals surface area (Å²) in [5, 5.41) is 10.1. The Kier molecular flexibility index (Phi) is 5.46. The Bertz CT molecular complexity index is 906. The van der Waals surface area contributed by atoms with Crippen molar-refractivity contribution < 1.29 is 23.5 Å². The number of ether oxygens (including phenoxy) is 2. The summed E-state index contributed by atoms with van der Waals surface area (Å²) in [4.78, 5) is 24.4. The van der Waals surface area contributed by atoms with Crippen LogP contribution in [0.15, 0.2) is 59.3 Å². The van der Waals surface area contributed by atoms with Crippen molar-refractivity contribution in [1.29, 1.82) is 0 Å². The van der Waals surface area contributed by atoms with Crippen molar-refractivity contribution >= 4 is 17.6 Å². The zero-order valence-electron chi connectivity index (χ0n) is 14.7. The van der Waals surface area contributed by atoms with Crippen molar-refractivity contribution in [2.24, 2.45) is 0 Å². The maximum atomic E-state index is 12.2. The second-order valence-electron chi connectivity index (χ2n) is 5.59. The number of anilines is 1. The first-order valence-electron chi connectivity index (χ1n) is 8.09. The lowest BCUT2D eigenvalue weighted by atomic mass is 10.1. The van der Waals surface area contributed by atoms with Crippen molar-refractivity contribution in [1.82, 2.24) is 10.2 Å². The minimum atomic E-state index is -0.963. The zero-order chi connectivity index (χ0) is 19.2. The van der Waals surface area contributed by atoms with Crippen LogP contribution < -0.4 is 10.1 Å². The molecule has 8 heteroatoms. The number of methoxy groups -OCH3 is 1. The number of carbonyl (C=O) groups is 2. The minimum absolute atomic E-state index is 0.308. The Morgan fingerprint density at radius 1 is 1.07 bits per heavy atom. The van der Waals surface area contributed by atoms with Gasteiger partial charge in [0.05, 0.1) is 12.7 Å². The lowest BCUT2D eigenvalue weighted by Gasteiger charge is -2.14. The fourth-order valence-electron chi connectivity index (χ4n) is 2.25. The van der Waals surface area contributed by atoms with Gasteiger partial charge >= 0.3 is 5.97 Å². The Morgan fingerprint density at radius 3 is 2.37 bits per heavy atom. The zero-order valence-corrected chi connectivity index (χ0v) is 14.7. The predicted octanol–water partition coefficient (Wildman–Crippen LogP) is 2.93. The average molecular weight is 367 g/mol. The van der Waals surface area contributed by atoms with Crippen molar-refractivity contribution in [2.45, 2.75) is 13.0 Å². The SMILES string of the molecule is COc1ccc(NC(=O)[C@@H](C)OC(=O)c2ccc(-c3nnco3)cc2)cc1. The molecule has 0 radical (unpaired) electrons. The van der Waals surface area contributed by atoms with Gasteiger partial charge in [0.25, 0.3) is 5.91 Å². The van der Waals surface area contributed by atoms with E-state index in [9.17, 15) is 9.59 Å². The van der Waals surface area contributed by atoms with Gasteiger partial charge in [0.15, 0.2) is 6.10 Å². The molecule has 1 atom stereocenters. The summed E-state index contributed by atoms with van der Waals surface area (Å²) in [6, 6.07) is 13.3. The van der Waals surface area contributed by atoms with E-state index in [-0.39, 0.29) is 0 Å². The van der Waals surface area contributed by atoms with E-state index in [1.807, 2.05) is 0 Å². The molecule has 0 saturated heterocycles. The van der Waals surface area contributed by atoms with E-state index in [4.69, 9.17) is 13.9 Å². The van der Waals surface area contributed by atoms with E-state index in [2.05, 4.69) is 15.5 Å². The molecule has 1 amide bonds. The van der Waals surface area contributed by atoms with E-state index < -0.39 is 18.0 Å². The van der Waals surface area contributed by atoms with Crippen LogP contribution in [-0.2, 0) is 9.53 Å². The highest BCUT2D eigenvalue weighted by atomic mass is 16.5. The monoisotopic (exact) mass is 367 g/mol. The summed E-state index contributed by atoms with van der Waals surface area (Å²) in [5.74, 6) is -0.0148. The van der Waals surface area contributed by atoms with Crippen LogP contribution in [0.2, 0.25) is 0 Å². The van der Waals surface area contributed by atoms with Gasteiger partial charge in [0.2, 0.25) is 12.3 Å². The first-order chi connectivity index (χ1) is 13.1. The number of benzene rings is 2. The number of rotatable bonds is 6. The smallest absolute Gasteiger partial charge is 0.338 e. The van der Waals surface area contributed by atoms with E-state index in [1.165, 1.54) is 13.3 Å². The maximum absolute atomic E-state index is 12.2. The van der Waals surface area contributed by atoms with Crippen molar-refractivity contribution in [2.75, 3.05) is 12.4 Å². The summed E-state index contributed by atoms with van der Waals surface area (Å²) in [5.41, 5.74) is 1.56. The average Bonchev–Trinajstić information content (AvgIpc) is 3.23. The molecule has 27 heavy (non-hydrogen) atoms. The number of hydrogen-bond acceptors (Lipinski definition) is 7. The van der Waals surface area contributed by atoms with Gasteiger partial charge in [-0.1, -0.05) is 0 Å². The van der Waals surface area contributed by atoms with Crippen molar-refractivity contribution in [3.63, 3.8) is 0 Å². The van der Waals surface area contributed by atoms with Gasteiger partial charge in [-0.25, -0.2) is 4.79 Å². The van der Waals surface area contributed by atoms with Crippen molar-refractivity contribution in [3.8, 4) is 17.2 Å². The normalized spacial score (nSPS) is 11.5. The maximum Gasteiger partial charge on any atom is 0.338 e. The standard InChI is InChI=1S/C19H17N3O5/c1-12(17(23)21-15-7-9-16(25-2)10-8-15)27-19(24)14-5-3-13(4-6-14)18-22-20-11-26-18/h3-12H,1-2H3,(H,21,23)/t12-/m1/s1. The van der Waals surface area contributed by atoms with Crippen LogP contribution in [-0.4, -0.2) is 35.3 Å². The lowest BCUT2D eigenvalue weighted by molar-refractivity contribution is -0.123. The van der Waals surface area contributed by atoms with Crippen LogP contribution in [0.25, 0.3) is 11.5 Å². The third kappa shape index (κ3) is 4.49. The van der Waals surface area contributed by atoms with Gasteiger partial charge in [-0.3, -0.25) is 4.79 Å². The minimum Gasteiger partial charge on any atom is -0.497 e. The molecule has 0 aliphatic rings. The Hall–Kier alpha value is -3.68. The van der Waals surface area contributed by atoms with Crippen LogP contribution in [0.4, 0.5) is 5.69 Å². The predicted molar refractivity (Wildman–Crippen MR) is 96.2 cm³/mol. The number of hydrogen-bond donors (Lipinski definition) is 1. The summed E-state index contributed by atoms with van der Waals surface area (Å²) in [7, 11) is 1.56. The highest BCUT2D eigenvalue weighted by molar-refractivity contribution is 5.97. The van der Waals surface area contributed by atoms with Crippen LogP contribution >= 0.6 is 0 Å². The van der Waals surface area contributed by atoms with Gasteiger partial charge in [-0.05, 0) is 55.5 Å². The largest absolute Gasteiger partial charge is 0.497 e. The molecule has 3 aromatic rings. The number of nitrogens with one attached hydrogen (secondary N) is 1. The molecule has 8 nitrogen and oxygen atoms in total. The van der Waals surface area contributed by atoms with Crippen molar-refractivity contribution in [3.05, 3.63) is 60.5 Å². The van der Waals surface area contributed by atoms with Crippen LogP contribution in [0.5, 0.6) is 5.75 Å². The molecule has 1 heterocycles. The second kappa shape index (κ2) is 8.13. The van der Waals surface area contributed by atoms with Crippen LogP contribution in [0.1, 0.15) is 17.3 Å². The molecular formula is C19H17N3O5. The molecule has 0 bridgehead atoms. The molecule has 0 saturated carbocycles. The Balaban J connectivity index is 1.58. The summed E-state index contributed by atoms with van der Waals surface area (Å²) >= 11 is 0. The second-order valence-corrected chi connectivity index (χ2v) is 5.59. The van der Waals surface area contributed by atoms with E-state index in [0.717, 1.165) is 0 Å². The molecule has 0 aliphatic carbocycles. The van der Waals surface area contributed by atoms with Gasteiger partial charge in [-0.2, -0.15) is 0 Å². The van der Waals surface area contributed by atoms with Gasteiger partial charge in [0, 0.05) is 11.3 Å². The molecule has 0 spiro atoms. The number of esters is 1. The summed E-state index contributed by atoms with van der Waals surface area (Å²) in [6.07, 6.45) is 0.260. The van der Waals surface area contributed by atoms with E-state index >= 15 is 0 Å². The molecule has 0 fully saturated rings. The van der Waals surface area contributed by atoms with Gasteiger partial charge < -0.3 is 19.2 Å². The van der Waals surface area contributed by atoms with Gasteiger partial charge in [0.1, 0.15) is 5.75 Å². The fraction of sp³-hybridized carbons (Fsp3) is 0.158. The lowest BCUT2D eigenvalue weighted by Crippen LogP contribution is -2.29. The Labute approximate surface area is 155 Å². The topological polar surface area (TPSA) is 104 Å².